The average Bonchev–Trinajstić information content (AvgIpc) is 3.60. The summed E-state index contributed by atoms with van der Waals surface area (Å²) in [5.74, 6) is -0.0348. The molecule has 172 valence electrons. The highest BCUT2D eigenvalue weighted by atomic mass is 32.2. The maximum Gasteiger partial charge on any atom is 0.229 e. The van der Waals surface area contributed by atoms with E-state index in [1.54, 1.807) is 0 Å². The molecule has 2 aliphatic rings. The number of nitrogens with one attached hydrogen (secondary N) is 2. The third kappa shape index (κ3) is 5.80. The third-order valence-corrected chi connectivity index (χ3v) is 6.17. The molecule has 1 saturated carbocycles. The maximum absolute atomic E-state index is 14.4. The standard InChI is InChI=1S/C24H26FN5O2S/c1-15-9-16(2)11-20(10-15)28-24-26-13-22(25)23(29-24)27-19-4-3-18-14-30(8-7-17(18)12-19)33-32-31-21-5-6-21/h3-4,9-13,21H,5-8,14H2,1-2H3,(H2,26,27,28,29). The van der Waals surface area contributed by atoms with Gasteiger partial charge < -0.3 is 10.6 Å². The number of fused-ring (bicyclic) bond motifs is 1. The molecular formula is C24H26FN5O2S. The first-order valence-electron chi connectivity index (χ1n) is 11.0. The van der Waals surface area contributed by atoms with Crippen molar-refractivity contribution in [1.29, 1.82) is 0 Å². The number of halogens is 1. The highest BCUT2D eigenvalue weighted by molar-refractivity contribution is 7.92. The first kappa shape index (κ1) is 22.1. The van der Waals surface area contributed by atoms with E-state index in [0.29, 0.717) is 5.95 Å². The number of anilines is 4. The molecule has 9 heteroatoms. The fourth-order valence-electron chi connectivity index (χ4n) is 3.78. The lowest BCUT2D eigenvalue weighted by Gasteiger charge is -2.26. The van der Waals surface area contributed by atoms with Crippen molar-refractivity contribution >= 4 is 35.4 Å². The summed E-state index contributed by atoms with van der Waals surface area (Å²) in [6.45, 7) is 5.67. The van der Waals surface area contributed by atoms with Crippen LogP contribution in [-0.2, 0) is 22.2 Å². The fraction of sp³-hybridized carbons (Fsp3) is 0.333. The van der Waals surface area contributed by atoms with Crippen LogP contribution in [0.3, 0.4) is 0 Å². The summed E-state index contributed by atoms with van der Waals surface area (Å²) in [7, 11) is 0. The Kier molecular flexibility index (Phi) is 6.45. The van der Waals surface area contributed by atoms with E-state index in [-0.39, 0.29) is 11.9 Å². The number of nitrogens with zero attached hydrogens (tertiary/aromatic N) is 3. The molecule has 2 aromatic carbocycles. The van der Waals surface area contributed by atoms with Crippen LogP contribution in [0.15, 0.2) is 42.6 Å². The Hall–Kier alpha value is -2.72. The van der Waals surface area contributed by atoms with Gasteiger partial charge in [0, 0.05) is 24.5 Å². The molecule has 2 heterocycles. The van der Waals surface area contributed by atoms with E-state index in [1.807, 2.05) is 32.0 Å². The molecule has 2 N–H and O–H groups in total. The van der Waals surface area contributed by atoms with Gasteiger partial charge in [-0.15, -0.1) is 4.33 Å². The lowest BCUT2D eigenvalue weighted by molar-refractivity contribution is -0.204. The second kappa shape index (κ2) is 9.64. The Balaban J connectivity index is 1.25. The molecule has 0 unspecified atom stereocenters. The Labute approximate surface area is 197 Å². The van der Waals surface area contributed by atoms with E-state index in [9.17, 15) is 4.39 Å². The molecule has 1 aliphatic heterocycles. The summed E-state index contributed by atoms with van der Waals surface area (Å²) in [6.07, 6.45) is 4.47. The number of benzene rings is 2. The Morgan fingerprint density at radius 3 is 2.64 bits per heavy atom. The summed E-state index contributed by atoms with van der Waals surface area (Å²) in [6, 6.07) is 12.1. The second-order valence-corrected chi connectivity index (χ2v) is 9.35. The van der Waals surface area contributed by atoms with Crippen LogP contribution in [0.25, 0.3) is 0 Å². The first-order chi connectivity index (χ1) is 16.0. The summed E-state index contributed by atoms with van der Waals surface area (Å²) >= 11 is 1.26. The van der Waals surface area contributed by atoms with Gasteiger partial charge in [-0.2, -0.15) is 4.98 Å². The lowest BCUT2D eigenvalue weighted by Crippen LogP contribution is -2.25. The maximum atomic E-state index is 14.4. The molecule has 1 aliphatic carbocycles. The van der Waals surface area contributed by atoms with Crippen LogP contribution in [-0.4, -0.2) is 26.9 Å². The van der Waals surface area contributed by atoms with Crippen molar-refractivity contribution in [3.63, 3.8) is 0 Å². The van der Waals surface area contributed by atoms with Crippen LogP contribution in [0.1, 0.15) is 35.1 Å². The van der Waals surface area contributed by atoms with Gasteiger partial charge in [0.2, 0.25) is 5.95 Å². The molecule has 0 spiro atoms. The summed E-state index contributed by atoms with van der Waals surface area (Å²) in [5.41, 5.74) is 6.36. The fourth-order valence-corrected chi connectivity index (χ4v) is 4.37. The van der Waals surface area contributed by atoms with Gasteiger partial charge in [0.15, 0.2) is 11.6 Å². The van der Waals surface area contributed by atoms with Gasteiger partial charge >= 0.3 is 0 Å². The van der Waals surface area contributed by atoms with E-state index in [1.165, 1.54) is 29.6 Å². The van der Waals surface area contributed by atoms with Crippen LogP contribution in [0.5, 0.6) is 0 Å². The van der Waals surface area contributed by atoms with E-state index in [4.69, 9.17) is 9.22 Å². The monoisotopic (exact) mass is 467 g/mol. The molecule has 33 heavy (non-hydrogen) atoms. The topological polar surface area (TPSA) is 71.5 Å². The first-order valence-corrected chi connectivity index (χ1v) is 11.7. The van der Waals surface area contributed by atoms with E-state index < -0.39 is 5.82 Å². The van der Waals surface area contributed by atoms with Gasteiger partial charge in [-0.25, -0.2) is 18.6 Å². The normalized spacial score (nSPS) is 15.8. The number of rotatable bonds is 8. The van der Waals surface area contributed by atoms with Crippen molar-refractivity contribution < 1.29 is 13.6 Å². The zero-order valence-corrected chi connectivity index (χ0v) is 19.4. The van der Waals surface area contributed by atoms with Gasteiger partial charge in [0.05, 0.1) is 12.3 Å². The second-order valence-electron chi connectivity index (χ2n) is 8.55. The molecule has 1 aromatic heterocycles. The molecule has 0 bridgehead atoms. The quantitative estimate of drug-likeness (QED) is 0.188. The van der Waals surface area contributed by atoms with Gasteiger partial charge in [-0.1, -0.05) is 12.1 Å². The van der Waals surface area contributed by atoms with Crippen molar-refractivity contribution in [3.8, 4) is 0 Å². The van der Waals surface area contributed by atoms with E-state index in [0.717, 1.165) is 54.9 Å². The molecule has 7 nitrogen and oxygen atoms in total. The minimum absolute atomic E-state index is 0.135. The zero-order valence-electron chi connectivity index (χ0n) is 18.6. The molecule has 0 atom stereocenters. The van der Waals surface area contributed by atoms with Crippen LogP contribution < -0.4 is 10.6 Å². The Morgan fingerprint density at radius 2 is 1.85 bits per heavy atom. The summed E-state index contributed by atoms with van der Waals surface area (Å²) in [4.78, 5) is 13.7. The van der Waals surface area contributed by atoms with Gasteiger partial charge in [0.25, 0.3) is 0 Å². The minimum Gasteiger partial charge on any atom is -0.338 e. The average molecular weight is 468 g/mol. The van der Waals surface area contributed by atoms with Crippen LogP contribution in [0.4, 0.5) is 27.5 Å². The number of aromatic nitrogens is 2. The molecular weight excluding hydrogens is 441 g/mol. The Bertz CT molecular complexity index is 1140. The minimum atomic E-state index is -0.505. The zero-order chi connectivity index (χ0) is 22.8. The summed E-state index contributed by atoms with van der Waals surface area (Å²) < 4.78 is 21.8. The number of hydrogen-bond donors (Lipinski definition) is 2. The predicted octanol–water partition coefficient (Wildman–Crippen LogP) is 5.75. The van der Waals surface area contributed by atoms with Crippen molar-refractivity contribution in [3.05, 3.63) is 70.7 Å². The molecule has 0 saturated heterocycles. The van der Waals surface area contributed by atoms with Crippen LogP contribution in [0, 0.1) is 19.7 Å². The SMILES string of the molecule is Cc1cc(C)cc(Nc2ncc(F)c(Nc3ccc4c(c3)CCN(SOOC3CC3)C4)n2)c1. The van der Waals surface area contributed by atoms with Crippen molar-refractivity contribution in [2.75, 3.05) is 17.2 Å². The predicted molar refractivity (Wildman–Crippen MR) is 128 cm³/mol. The van der Waals surface area contributed by atoms with Crippen molar-refractivity contribution in [2.45, 2.75) is 45.8 Å². The molecule has 0 amide bonds. The van der Waals surface area contributed by atoms with E-state index >= 15 is 0 Å². The van der Waals surface area contributed by atoms with E-state index in [2.05, 4.69) is 43.1 Å². The largest absolute Gasteiger partial charge is 0.338 e. The smallest absolute Gasteiger partial charge is 0.229 e. The van der Waals surface area contributed by atoms with Crippen molar-refractivity contribution in [1.82, 2.24) is 14.3 Å². The molecule has 3 aromatic rings. The molecule has 1 fully saturated rings. The molecule has 0 radical (unpaired) electrons. The van der Waals surface area contributed by atoms with Gasteiger partial charge in [0.1, 0.15) is 12.2 Å². The number of aryl methyl sites for hydroxylation is 2. The van der Waals surface area contributed by atoms with Crippen LogP contribution in [0.2, 0.25) is 0 Å². The highest BCUT2D eigenvalue weighted by Crippen LogP contribution is 2.31. The molecule has 5 rings (SSSR count). The lowest BCUT2D eigenvalue weighted by atomic mass is 10.0. The third-order valence-electron chi connectivity index (χ3n) is 5.50. The number of hydrogen-bond acceptors (Lipinski definition) is 8. The summed E-state index contributed by atoms with van der Waals surface area (Å²) in [5, 5.41) is 6.27. The van der Waals surface area contributed by atoms with Crippen LogP contribution >= 0.6 is 12.2 Å². The Morgan fingerprint density at radius 1 is 1.03 bits per heavy atom. The highest BCUT2D eigenvalue weighted by Gasteiger charge is 2.25. The van der Waals surface area contributed by atoms with Gasteiger partial charge in [-0.05, 0) is 79.6 Å². The van der Waals surface area contributed by atoms with Gasteiger partial charge in [-0.3, -0.25) is 0 Å². The van der Waals surface area contributed by atoms with Crippen molar-refractivity contribution in [2.24, 2.45) is 0 Å².